The lowest BCUT2D eigenvalue weighted by Crippen LogP contribution is -2.48. The third-order valence-corrected chi connectivity index (χ3v) is 3.33. The first-order chi connectivity index (χ1) is 9.61. The van der Waals surface area contributed by atoms with E-state index in [9.17, 15) is 5.11 Å². The van der Waals surface area contributed by atoms with E-state index >= 15 is 0 Å². The molecule has 1 atom stereocenters. The van der Waals surface area contributed by atoms with Crippen molar-refractivity contribution >= 4 is 0 Å². The number of benzene rings is 1. The molecule has 0 amide bonds. The van der Waals surface area contributed by atoms with Crippen LogP contribution in [0.5, 0.6) is 11.5 Å². The Labute approximate surface area is 119 Å². The highest BCUT2D eigenvalue weighted by Crippen LogP contribution is 2.24. The van der Waals surface area contributed by atoms with Crippen molar-refractivity contribution in [2.75, 3.05) is 40.0 Å². The molecule has 1 fully saturated rings. The van der Waals surface area contributed by atoms with Crippen LogP contribution in [0.15, 0.2) is 24.3 Å². The number of hydrogen-bond donors (Lipinski definition) is 2. The van der Waals surface area contributed by atoms with Crippen molar-refractivity contribution < 1.29 is 19.3 Å². The van der Waals surface area contributed by atoms with Gasteiger partial charge in [-0.2, -0.15) is 0 Å². The van der Waals surface area contributed by atoms with Crippen molar-refractivity contribution in [3.63, 3.8) is 0 Å². The van der Waals surface area contributed by atoms with Crippen LogP contribution in [-0.4, -0.2) is 51.2 Å². The van der Waals surface area contributed by atoms with Gasteiger partial charge in [0.15, 0.2) is 0 Å². The molecule has 5 heteroatoms. The summed E-state index contributed by atoms with van der Waals surface area (Å²) in [6.45, 7) is 5.39. The van der Waals surface area contributed by atoms with Gasteiger partial charge in [-0.05, 0) is 24.3 Å². The molecule has 1 aliphatic heterocycles. The fourth-order valence-electron chi connectivity index (χ4n) is 2.02. The van der Waals surface area contributed by atoms with Gasteiger partial charge < -0.3 is 24.6 Å². The molecule has 1 aromatic rings. The monoisotopic (exact) mass is 281 g/mol. The predicted octanol–water partition coefficient (Wildman–Crippen LogP) is 1.06. The number of nitrogens with one attached hydrogen (secondary N) is 1. The molecule has 0 radical (unpaired) electrons. The molecule has 1 aromatic carbocycles. The van der Waals surface area contributed by atoms with E-state index in [1.54, 1.807) is 7.11 Å². The van der Waals surface area contributed by atoms with Gasteiger partial charge in [-0.15, -0.1) is 0 Å². The first-order valence-electron chi connectivity index (χ1n) is 6.85. The van der Waals surface area contributed by atoms with Gasteiger partial charge in [-0.1, -0.05) is 6.92 Å². The first kappa shape index (κ1) is 15.1. The Hall–Kier alpha value is -1.30. The summed E-state index contributed by atoms with van der Waals surface area (Å²) in [6.07, 6.45) is -0.526. The van der Waals surface area contributed by atoms with Gasteiger partial charge >= 0.3 is 0 Å². The first-order valence-corrected chi connectivity index (χ1v) is 6.85. The summed E-state index contributed by atoms with van der Waals surface area (Å²) in [4.78, 5) is 0. The Morgan fingerprint density at radius 3 is 2.50 bits per heavy atom. The fraction of sp³-hybridized carbons (Fsp3) is 0.600. The molecule has 0 aromatic heterocycles. The topological polar surface area (TPSA) is 60.0 Å². The maximum absolute atomic E-state index is 9.86. The van der Waals surface area contributed by atoms with Crippen molar-refractivity contribution in [1.29, 1.82) is 0 Å². The van der Waals surface area contributed by atoms with Crippen LogP contribution in [0.4, 0.5) is 0 Å². The summed E-state index contributed by atoms with van der Waals surface area (Å²) >= 11 is 0. The molecule has 1 unspecified atom stereocenters. The van der Waals surface area contributed by atoms with E-state index in [2.05, 4.69) is 12.2 Å². The van der Waals surface area contributed by atoms with Crippen LogP contribution in [0.1, 0.15) is 6.92 Å². The van der Waals surface area contributed by atoms with Gasteiger partial charge in [-0.3, -0.25) is 0 Å². The molecule has 5 nitrogen and oxygen atoms in total. The number of aliphatic hydroxyl groups is 1. The molecule has 20 heavy (non-hydrogen) atoms. The Balaban J connectivity index is 1.62. The highest BCUT2D eigenvalue weighted by molar-refractivity contribution is 5.31. The minimum absolute atomic E-state index is 0.219. The second kappa shape index (κ2) is 6.92. The lowest BCUT2D eigenvalue weighted by atomic mass is 9.89. The van der Waals surface area contributed by atoms with Crippen LogP contribution in [0.3, 0.4) is 0 Å². The minimum Gasteiger partial charge on any atom is -0.497 e. The van der Waals surface area contributed by atoms with E-state index in [4.69, 9.17) is 14.2 Å². The molecular weight excluding hydrogens is 258 g/mol. The SMILES string of the molecule is COc1ccc(OCC(O)CNCC2(C)COC2)cc1. The third kappa shape index (κ3) is 4.37. The summed E-state index contributed by atoms with van der Waals surface area (Å²) in [6, 6.07) is 7.31. The zero-order chi connectivity index (χ0) is 14.4. The second-order valence-electron chi connectivity index (χ2n) is 5.57. The lowest BCUT2D eigenvalue weighted by Gasteiger charge is -2.38. The van der Waals surface area contributed by atoms with Crippen LogP contribution in [0.25, 0.3) is 0 Å². The summed E-state index contributed by atoms with van der Waals surface area (Å²) in [5, 5.41) is 13.1. The fourth-order valence-corrected chi connectivity index (χ4v) is 2.02. The van der Waals surface area contributed by atoms with E-state index in [1.165, 1.54) is 0 Å². The molecular formula is C15H23NO4. The van der Waals surface area contributed by atoms with E-state index in [-0.39, 0.29) is 12.0 Å². The summed E-state index contributed by atoms with van der Waals surface area (Å²) in [5.74, 6) is 1.51. The van der Waals surface area contributed by atoms with Crippen molar-refractivity contribution in [2.24, 2.45) is 5.41 Å². The second-order valence-corrected chi connectivity index (χ2v) is 5.57. The van der Waals surface area contributed by atoms with Gasteiger partial charge in [0, 0.05) is 18.5 Å². The molecule has 112 valence electrons. The average Bonchev–Trinajstić information content (AvgIpc) is 2.44. The van der Waals surface area contributed by atoms with Gasteiger partial charge in [-0.25, -0.2) is 0 Å². The third-order valence-electron chi connectivity index (χ3n) is 3.33. The largest absolute Gasteiger partial charge is 0.497 e. The highest BCUT2D eigenvalue weighted by atomic mass is 16.5. The molecule has 0 saturated carbocycles. The zero-order valence-corrected chi connectivity index (χ0v) is 12.1. The number of aliphatic hydroxyl groups excluding tert-OH is 1. The smallest absolute Gasteiger partial charge is 0.119 e. The number of hydrogen-bond acceptors (Lipinski definition) is 5. The predicted molar refractivity (Wildman–Crippen MR) is 76.3 cm³/mol. The van der Waals surface area contributed by atoms with Gasteiger partial charge in [0.2, 0.25) is 0 Å². The number of ether oxygens (including phenoxy) is 3. The Bertz CT molecular complexity index is 403. The van der Waals surface area contributed by atoms with Gasteiger partial charge in [0.1, 0.15) is 24.2 Å². The number of rotatable bonds is 8. The van der Waals surface area contributed by atoms with Crippen LogP contribution in [0, 0.1) is 5.41 Å². The van der Waals surface area contributed by atoms with Gasteiger partial charge in [0.05, 0.1) is 20.3 Å². The lowest BCUT2D eigenvalue weighted by molar-refractivity contribution is -0.0997. The van der Waals surface area contributed by atoms with Crippen molar-refractivity contribution in [3.05, 3.63) is 24.3 Å². The Morgan fingerprint density at radius 2 is 1.95 bits per heavy atom. The Morgan fingerprint density at radius 1 is 1.30 bits per heavy atom. The molecule has 2 N–H and O–H groups in total. The van der Waals surface area contributed by atoms with Crippen LogP contribution < -0.4 is 14.8 Å². The normalized spacial score (nSPS) is 18.1. The minimum atomic E-state index is -0.526. The van der Waals surface area contributed by atoms with Crippen LogP contribution in [0.2, 0.25) is 0 Å². The molecule has 0 aliphatic carbocycles. The highest BCUT2D eigenvalue weighted by Gasteiger charge is 2.32. The standard InChI is InChI=1S/C15H23NO4/c1-15(10-19-11-15)9-16-7-12(17)8-20-14-5-3-13(18-2)4-6-14/h3-6,12,16-17H,7-11H2,1-2H3. The zero-order valence-electron chi connectivity index (χ0n) is 12.1. The summed E-state index contributed by atoms with van der Waals surface area (Å²) in [7, 11) is 1.62. The van der Waals surface area contributed by atoms with Crippen molar-refractivity contribution in [2.45, 2.75) is 13.0 Å². The number of methoxy groups -OCH3 is 1. The average molecular weight is 281 g/mol. The molecule has 1 aliphatic rings. The van der Waals surface area contributed by atoms with Crippen LogP contribution >= 0.6 is 0 Å². The maximum Gasteiger partial charge on any atom is 0.119 e. The molecule has 2 rings (SSSR count). The van der Waals surface area contributed by atoms with Crippen LogP contribution in [-0.2, 0) is 4.74 Å². The molecule has 0 bridgehead atoms. The maximum atomic E-state index is 9.86. The van der Waals surface area contributed by atoms with E-state index in [1.807, 2.05) is 24.3 Å². The van der Waals surface area contributed by atoms with E-state index in [0.29, 0.717) is 6.54 Å². The molecule has 1 saturated heterocycles. The summed E-state index contributed by atoms with van der Waals surface area (Å²) in [5.41, 5.74) is 0.219. The molecule has 1 heterocycles. The molecule has 0 spiro atoms. The van der Waals surface area contributed by atoms with E-state index < -0.39 is 6.10 Å². The Kier molecular flexibility index (Phi) is 5.23. The van der Waals surface area contributed by atoms with Gasteiger partial charge in [0.25, 0.3) is 0 Å². The quantitative estimate of drug-likeness (QED) is 0.746. The summed E-state index contributed by atoms with van der Waals surface area (Å²) < 4.78 is 15.8. The van der Waals surface area contributed by atoms with Crippen molar-refractivity contribution in [3.8, 4) is 11.5 Å². The van der Waals surface area contributed by atoms with E-state index in [0.717, 1.165) is 31.3 Å². The van der Waals surface area contributed by atoms with Crippen molar-refractivity contribution in [1.82, 2.24) is 5.32 Å².